The average Bonchev–Trinajstić information content (AvgIpc) is 3.15. The molecule has 0 atom stereocenters. The van der Waals surface area contributed by atoms with Crippen LogP contribution in [0.25, 0.3) is 0 Å². The Bertz CT molecular complexity index is 697. The van der Waals surface area contributed by atoms with Gasteiger partial charge in [0.25, 0.3) is 12.4 Å². The molecule has 0 aliphatic carbocycles. The number of likely N-dealkylation sites (N-methyl/N-ethyl adjacent to an activating group) is 1. The molecule has 2 aromatic heterocycles. The van der Waals surface area contributed by atoms with Crippen LogP contribution in [-0.2, 0) is 11.2 Å². The Hall–Kier alpha value is -2.17. The molecule has 0 unspecified atom stereocenters. The van der Waals surface area contributed by atoms with Crippen LogP contribution in [0.1, 0.15) is 31.3 Å². The third-order valence-electron chi connectivity index (χ3n) is 2.64. The summed E-state index contributed by atoms with van der Waals surface area (Å²) in [7, 11) is 3.99. The fraction of sp³-hybridized carbons (Fsp3) is 0.357. The molecule has 0 saturated heterocycles. The van der Waals surface area contributed by atoms with E-state index in [-0.39, 0.29) is 18.2 Å². The summed E-state index contributed by atoms with van der Waals surface area (Å²) in [6, 6.07) is 3.30. The zero-order valence-electron chi connectivity index (χ0n) is 13.5. The van der Waals surface area contributed by atoms with E-state index in [1.54, 1.807) is 12.1 Å². The van der Waals surface area contributed by atoms with E-state index in [2.05, 4.69) is 20.4 Å². The van der Waals surface area contributed by atoms with E-state index >= 15 is 0 Å². The molecule has 1 amide bonds. The zero-order chi connectivity index (χ0) is 18.1. The molecular weight excluding hydrogens is 352 g/mol. The van der Waals surface area contributed by atoms with E-state index in [4.69, 9.17) is 9.90 Å². The van der Waals surface area contributed by atoms with Gasteiger partial charge >= 0.3 is 0 Å². The maximum atomic E-state index is 12.0. The molecule has 0 saturated carbocycles. The Morgan fingerprint density at radius 2 is 1.88 bits per heavy atom. The number of anilines is 1. The summed E-state index contributed by atoms with van der Waals surface area (Å²) >= 11 is 2.55. The summed E-state index contributed by atoms with van der Waals surface area (Å²) in [6.07, 6.45) is 0.800. The van der Waals surface area contributed by atoms with Gasteiger partial charge in [-0.1, -0.05) is 11.3 Å². The Labute approximate surface area is 147 Å². The van der Waals surface area contributed by atoms with Crippen molar-refractivity contribution < 1.29 is 19.5 Å². The van der Waals surface area contributed by atoms with Crippen molar-refractivity contribution in [1.29, 1.82) is 0 Å². The monoisotopic (exact) mass is 370 g/mol. The van der Waals surface area contributed by atoms with Crippen molar-refractivity contribution in [2.24, 2.45) is 0 Å². The molecule has 0 spiro atoms. The Morgan fingerprint density at radius 1 is 1.25 bits per heavy atom. The third-order valence-corrected chi connectivity index (χ3v) is 4.72. The molecule has 0 fully saturated rings. The lowest BCUT2D eigenvalue weighted by Crippen LogP contribution is -2.14. The number of ketones is 1. The van der Waals surface area contributed by atoms with Gasteiger partial charge in [0.2, 0.25) is 5.13 Å². The van der Waals surface area contributed by atoms with Crippen molar-refractivity contribution in [2.45, 2.75) is 13.3 Å². The molecule has 0 aromatic carbocycles. The number of carboxylic acid groups (broad SMARTS) is 1. The number of Topliss-reactive ketones (excluding diaryl/α,β-unsaturated/α-hetero) is 1. The number of aromatic nitrogens is 2. The molecule has 2 heterocycles. The van der Waals surface area contributed by atoms with Gasteiger partial charge in [0.05, 0.1) is 9.75 Å². The lowest BCUT2D eigenvalue weighted by atomic mass is 10.3. The van der Waals surface area contributed by atoms with E-state index in [1.165, 1.54) is 29.6 Å². The van der Waals surface area contributed by atoms with E-state index in [0.29, 0.717) is 14.9 Å². The number of carbonyl (C=O) groups is 3. The number of amides is 1. The Balaban J connectivity index is 0.000000891. The predicted molar refractivity (Wildman–Crippen MR) is 93.1 cm³/mol. The first-order valence-corrected chi connectivity index (χ1v) is 8.47. The van der Waals surface area contributed by atoms with Crippen molar-refractivity contribution in [1.82, 2.24) is 15.1 Å². The smallest absolute Gasteiger partial charge is 0.290 e. The van der Waals surface area contributed by atoms with Crippen LogP contribution in [0.4, 0.5) is 5.13 Å². The number of thiophene rings is 1. The Morgan fingerprint density at radius 3 is 2.42 bits per heavy atom. The van der Waals surface area contributed by atoms with Gasteiger partial charge < -0.3 is 10.0 Å². The number of rotatable bonds is 6. The molecule has 24 heavy (non-hydrogen) atoms. The highest BCUT2D eigenvalue weighted by molar-refractivity contribution is 7.17. The van der Waals surface area contributed by atoms with Crippen LogP contribution in [0, 0.1) is 0 Å². The molecule has 10 heteroatoms. The first-order valence-electron chi connectivity index (χ1n) is 6.84. The lowest BCUT2D eigenvalue weighted by Gasteiger charge is -2.05. The van der Waals surface area contributed by atoms with Crippen LogP contribution in [0.2, 0.25) is 0 Å². The van der Waals surface area contributed by atoms with Gasteiger partial charge in [0, 0.05) is 13.0 Å². The number of carbonyl (C=O) groups excluding carboxylic acids is 2. The van der Waals surface area contributed by atoms with Crippen molar-refractivity contribution >= 4 is 46.0 Å². The highest BCUT2D eigenvalue weighted by Crippen LogP contribution is 2.20. The second-order valence-electron chi connectivity index (χ2n) is 4.83. The van der Waals surface area contributed by atoms with Crippen molar-refractivity contribution in [3.8, 4) is 0 Å². The fourth-order valence-corrected chi connectivity index (χ4v) is 3.05. The molecule has 8 nitrogen and oxygen atoms in total. The summed E-state index contributed by atoms with van der Waals surface area (Å²) < 4.78 is 0. The minimum atomic E-state index is -0.261. The third kappa shape index (κ3) is 6.52. The molecule has 0 aliphatic heterocycles. The largest absolute Gasteiger partial charge is 0.483 e. The van der Waals surface area contributed by atoms with Crippen molar-refractivity contribution in [2.75, 3.05) is 26.0 Å². The van der Waals surface area contributed by atoms with Crippen LogP contribution in [0.15, 0.2) is 12.1 Å². The highest BCUT2D eigenvalue weighted by atomic mass is 32.1. The summed E-state index contributed by atoms with van der Waals surface area (Å²) in [5.41, 5.74) is 0. The molecule has 0 aliphatic rings. The first-order chi connectivity index (χ1) is 11.4. The number of nitrogens with one attached hydrogen (secondary N) is 1. The summed E-state index contributed by atoms with van der Waals surface area (Å²) in [4.78, 5) is 34.8. The summed E-state index contributed by atoms with van der Waals surface area (Å²) in [6.45, 7) is 2.12. The van der Waals surface area contributed by atoms with Crippen molar-refractivity contribution in [3.05, 3.63) is 26.9 Å². The van der Waals surface area contributed by atoms with Gasteiger partial charge in [0.1, 0.15) is 5.01 Å². The minimum absolute atomic E-state index is 0.0408. The summed E-state index contributed by atoms with van der Waals surface area (Å²) in [5, 5.41) is 19.0. The van der Waals surface area contributed by atoms with E-state index in [0.717, 1.165) is 18.0 Å². The predicted octanol–water partition coefficient (Wildman–Crippen LogP) is 1.86. The summed E-state index contributed by atoms with van der Waals surface area (Å²) in [5.74, 6) is -0.302. The van der Waals surface area contributed by atoms with Crippen molar-refractivity contribution in [3.63, 3.8) is 0 Å². The quantitative estimate of drug-likeness (QED) is 0.589. The minimum Gasteiger partial charge on any atom is -0.483 e. The van der Waals surface area contributed by atoms with E-state index in [9.17, 15) is 9.59 Å². The molecule has 0 radical (unpaired) electrons. The van der Waals surface area contributed by atoms with Crippen LogP contribution in [-0.4, -0.2) is 59.0 Å². The highest BCUT2D eigenvalue weighted by Gasteiger charge is 2.14. The molecule has 2 aromatic rings. The number of nitrogens with zero attached hydrogens (tertiary/aromatic N) is 3. The first kappa shape index (κ1) is 19.9. The van der Waals surface area contributed by atoms with Gasteiger partial charge in [-0.05, 0) is 33.2 Å². The molecular formula is C14H18N4O4S2. The normalized spacial score (nSPS) is 10.0. The van der Waals surface area contributed by atoms with Gasteiger partial charge in [0.15, 0.2) is 5.78 Å². The fourth-order valence-electron chi connectivity index (χ4n) is 1.53. The van der Waals surface area contributed by atoms with Gasteiger partial charge in [-0.15, -0.1) is 21.5 Å². The van der Waals surface area contributed by atoms with Gasteiger partial charge in [-0.3, -0.25) is 19.7 Å². The zero-order valence-corrected chi connectivity index (χ0v) is 15.1. The Kier molecular flexibility index (Phi) is 8.16. The molecule has 130 valence electrons. The standard InChI is InChI=1S/C13H16N4O2S2.CH2O2/c1-8(18)9-4-5-10(20-9)12(19)14-13-16-15-11(21-13)6-7-17(2)3;2-1-3/h4-5H,6-7H2,1-3H3,(H,14,16,19);1H,(H,2,3). The van der Waals surface area contributed by atoms with Crippen LogP contribution in [0.3, 0.4) is 0 Å². The number of hydrogen-bond donors (Lipinski definition) is 2. The lowest BCUT2D eigenvalue weighted by molar-refractivity contribution is -0.122. The van der Waals surface area contributed by atoms with E-state index < -0.39 is 0 Å². The molecule has 2 rings (SSSR count). The van der Waals surface area contributed by atoms with Crippen LogP contribution >= 0.6 is 22.7 Å². The maximum absolute atomic E-state index is 12.0. The maximum Gasteiger partial charge on any atom is 0.290 e. The second kappa shape index (κ2) is 9.85. The topological polar surface area (TPSA) is 112 Å². The van der Waals surface area contributed by atoms with Crippen LogP contribution < -0.4 is 5.32 Å². The molecule has 2 N–H and O–H groups in total. The average molecular weight is 370 g/mol. The van der Waals surface area contributed by atoms with Crippen LogP contribution in [0.5, 0.6) is 0 Å². The molecule has 0 bridgehead atoms. The SMILES string of the molecule is CC(=O)c1ccc(C(=O)Nc2nnc(CCN(C)C)s2)s1.O=CO. The second-order valence-corrected chi connectivity index (χ2v) is 6.98. The van der Waals surface area contributed by atoms with Gasteiger partial charge in [-0.2, -0.15) is 0 Å². The van der Waals surface area contributed by atoms with E-state index in [1.807, 2.05) is 14.1 Å². The van der Waals surface area contributed by atoms with Gasteiger partial charge in [-0.25, -0.2) is 0 Å². The number of hydrogen-bond acceptors (Lipinski definition) is 8.